The van der Waals surface area contributed by atoms with Gasteiger partial charge in [-0.2, -0.15) is 0 Å². The molecule has 140 valence electrons. The third-order valence-electron chi connectivity index (χ3n) is 5.20. The number of fused-ring (bicyclic) bond motifs is 4. The third kappa shape index (κ3) is 3.04. The molecule has 1 fully saturated rings. The van der Waals surface area contributed by atoms with Crippen molar-refractivity contribution in [3.8, 4) is 0 Å². The lowest BCUT2D eigenvalue weighted by molar-refractivity contribution is 0.0690. The highest BCUT2D eigenvalue weighted by Crippen LogP contribution is 2.28. The van der Waals surface area contributed by atoms with Gasteiger partial charge < -0.3 is 15.0 Å². The number of rotatable bonds is 1. The summed E-state index contributed by atoms with van der Waals surface area (Å²) in [6.07, 6.45) is 0. The van der Waals surface area contributed by atoms with Crippen LogP contribution in [0.4, 0.5) is 5.69 Å². The van der Waals surface area contributed by atoms with E-state index in [0.717, 1.165) is 51.3 Å². The molecule has 5 rings (SSSR count). The topological polar surface area (TPSA) is 50.3 Å². The van der Waals surface area contributed by atoms with Crippen molar-refractivity contribution in [3.63, 3.8) is 0 Å². The number of ether oxygens (including phenoxy) is 1. The van der Waals surface area contributed by atoms with E-state index in [0.29, 0.717) is 13.2 Å². The largest absolute Gasteiger partial charge is 0.378 e. The number of nitrogens with one attached hydrogen (secondary N) is 1. The molecular formula is C22H20N4OS. The Balaban J connectivity index is 1.57. The summed E-state index contributed by atoms with van der Waals surface area (Å²) in [6, 6.07) is 16.5. The summed E-state index contributed by atoms with van der Waals surface area (Å²) in [5.74, 6) is 0. The van der Waals surface area contributed by atoms with Gasteiger partial charge in [0.25, 0.3) is 0 Å². The standard InChI is InChI=1S/C22H20N4OS/c1-14-12-20-21(17-5-3-2-4-16(14)17)25-19-13-15(6-7-18(19)24-20)23-22(28)26-8-10-27-11-9-26/h2-7,12-13H,8-11H2,1H3,(H,23,28). The van der Waals surface area contributed by atoms with E-state index in [1.165, 1.54) is 10.9 Å². The van der Waals surface area contributed by atoms with Crippen molar-refractivity contribution in [1.29, 1.82) is 0 Å². The lowest BCUT2D eigenvalue weighted by atomic mass is 10.0. The lowest BCUT2D eigenvalue weighted by Gasteiger charge is -2.29. The summed E-state index contributed by atoms with van der Waals surface area (Å²) in [5, 5.41) is 6.40. The fourth-order valence-electron chi connectivity index (χ4n) is 3.73. The van der Waals surface area contributed by atoms with Crippen LogP contribution in [0.5, 0.6) is 0 Å². The molecule has 0 aliphatic carbocycles. The van der Waals surface area contributed by atoms with Gasteiger partial charge in [0.2, 0.25) is 0 Å². The van der Waals surface area contributed by atoms with Crippen molar-refractivity contribution in [2.75, 3.05) is 31.6 Å². The van der Waals surface area contributed by atoms with Gasteiger partial charge in [0.1, 0.15) is 0 Å². The highest BCUT2D eigenvalue weighted by molar-refractivity contribution is 7.80. The first kappa shape index (κ1) is 17.3. The Morgan fingerprint density at radius 3 is 2.57 bits per heavy atom. The Morgan fingerprint density at radius 2 is 1.75 bits per heavy atom. The molecule has 4 aromatic rings. The van der Waals surface area contributed by atoms with Crippen molar-refractivity contribution in [2.24, 2.45) is 0 Å². The van der Waals surface area contributed by atoms with Crippen LogP contribution in [0.3, 0.4) is 0 Å². The van der Waals surface area contributed by atoms with Crippen molar-refractivity contribution >= 4 is 55.9 Å². The van der Waals surface area contributed by atoms with E-state index in [1.807, 2.05) is 24.3 Å². The van der Waals surface area contributed by atoms with Gasteiger partial charge in [0, 0.05) is 24.2 Å². The van der Waals surface area contributed by atoms with E-state index < -0.39 is 0 Å². The second kappa shape index (κ2) is 6.96. The number of benzene rings is 3. The van der Waals surface area contributed by atoms with Gasteiger partial charge in [-0.3, -0.25) is 0 Å². The summed E-state index contributed by atoms with van der Waals surface area (Å²) >= 11 is 5.56. The van der Waals surface area contributed by atoms with E-state index in [-0.39, 0.29) is 0 Å². The molecule has 1 saturated heterocycles. The predicted molar refractivity (Wildman–Crippen MR) is 118 cm³/mol. The van der Waals surface area contributed by atoms with Gasteiger partial charge >= 0.3 is 0 Å². The van der Waals surface area contributed by atoms with Crippen molar-refractivity contribution in [1.82, 2.24) is 14.9 Å². The monoisotopic (exact) mass is 388 g/mol. The first-order chi connectivity index (χ1) is 13.7. The van der Waals surface area contributed by atoms with E-state index in [9.17, 15) is 0 Å². The van der Waals surface area contributed by atoms with Crippen LogP contribution in [0.15, 0.2) is 48.5 Å². The van der Waals surface area contributed by atoms with Crippen LogP contribution in [0, 0.1) is 6.92 Å². The summed E-state index contributed by atoms with van der Waals surface area (Å²) in [6.45, 7) is 5.17. The van der Waals surface area contributed by atoms with Crippen LogP contribution in [0.25, 0.3) is 32.8 Å². The number of nitrogens with zero attached hydrogens (tertiary/aromatic N) is 3. The van der Waals surface area contributed by atoms with Crippen LogP contribution in [-0.2, 0) is 4.74 Å². The third-order valence-corrected chi connectivity index (χ3v) is 5.56. The Kier molecular flexibility index (Phi) is 4.30. The number of morpholine rings is 1. The molecule has 0 atom stereocenters. The van der Waals surface area contributed by atoms with E-state index in [2.05, 4.69) is 41.4 Å². The quantitative estimate of drug-likeness (QED) is 0.298. The van der Waals surface area contributed by atoms with Gasteiger partial charge in [0.15, 0.2) is 5.11 Å². The van der Waals surface area contributed by atoms with Crippen LogP contribution < -0.4 is 5.32 Å². The molecule has 5 nitrogen and oxygen atoms in total. The van der Waals surface area contributed by atoms with Crippen molar-refractivity contribution in [2.45, 2.75) is 6.92 Å². The Labute approximate surface area is 168 Å². The summed E-state index contributed by atoms with van der Waals surface area (Å²) in [4.78, 5) is 11.9. The lowest BCUT2D eigenvalue weighted by Crippen LogP contribution is -2.42. The maximum Gasteiger partial charge on any atom is 0.173 e. The molecule has 1 aliphatic heterocycles. The average molecular weight is 388 g/mol. The molecule has 0 bridgehead atoms. The Morgan fingerprint density at radius 1 is 0.964 bits per heavy atom. The number of hydrogen-bond donors (Lipinski definition) is 1. The Hall–Kier alpha value is -2.83. The SMILES string of the molecule is Cc1cc2nc3ccc(NC(=S)N4CCOCC4)cc3nc2c2ccccc12. The minimum atomic E-state index is 0.712. The molecule has 0 spiro atoms. The van der Waals surface area contributed by atoms with Gasteiger partial charge in [0.05, 0.1) is 35.3 Å². The first-order valence-electron chi connectivity index (χ1n) is 9.42. The van der Waals surface area contributed by atoms with Crippen molar-refractivity contribution < 1.29 is 4.74 Å². The Bertz CT molecular complexity index is 1220. The molecule has 28 heavy (non-hydrogen) atoms. The normalized spacial score (nSPS) is 14.7. The molecule has 1 aliphatic rings. The second-order valence-electron chi connectivity index (χ2n) is 7.06. The average Bonchev–Trinajstić information content (AvgIpc) is 2.73. The fourth-order valence-corrected chi connectivity index (χ4v) is 4.03. The predicted octanol–water partition coefficient (Wildman–Crippen LogP) is 4.27. The molecule has 0 unspecified atom stereocenters. The highest BCUT2D eigenvalue weighted by Gasteiger charge is 2.14. The van der Waals surface area contributed by atoms with E-state index in [1.54, 1.807) is 0 Å². The molecule has 6 heteroatoms. The molecule has 1 aromatic heterocycles. The van der Waals surface area contributed by atoms with Gasteiger partial charge in [-0.15, -0.1) is 0 Å². The van der Waals surface area contributed by atoms with Gasteiger partial charge in [-0.05, 0) is 54.4 Å². The van der Waals surface area contributed by atoms with E-state index in [4.69, 9.17) is 26.9 Å². The zero-order valence-electron chi connectivity index (χ0n) is 15.6. The van der Waals surface area contributed by atoms with Crippen LogP contribution in [0.2, 0.25) is 0 Å². The zero-order chi connectivity index (χ0) is 19.1. The molecule has 0 radical (unpaired) electrons. The number of anilines is 1. The molecular weight excluding hydrogens is 368 g/mol. The summed E-state index contributed by atoms with van der Waals surface area (Å²) in [5.41, 5.74) is 5.73. The zero-order valence-corrected chi connectivity index (χ0v) is 16.4. The number of hydrogen-bond acceptors (Lipinski definition) is 4. The minimum Gasteiger partial charge on any atom is -0.378 e. The van der Waals surface area contributed by atoms with Gasteiger partial charge in [-0.1, -0.05) is 24.3 Å². The molecule has 2 heterocycles. The van der Waals surface area contributed by atoms with Crippen LogP contribution in [0.1, 0.15) is 5.56 Å². The fraction of sp³-hybridized carbons (Fsp3) is 0.227. The van der Waals surface area contributed by atoms with Crippen LogP contribution in [-0.4, -0.2) is 46.3 Å². The number of aromatic nitrogens is 2. The highest BCUT2D eigenvalue weighted by atomic mass is 32.1. The van der Waals surface area contributed by atoms with Crippen LogP contribution >= 0.6 is 12.2 Å². The molecule has 0 amide bonds. The number of aryl methyl sites for hydroxylation is 1. The van der Waals surface area contributed by atoms with Crippen molar-refractivity contribution in [3.05, 3.63) is 54.1 Å². The molecule has 1 N–H and O–H groups in total. The van der Waals surface area contributed by atoms with E-state index >= 15 is 0 Å². The first-order valence-corrected chi connectivity index (χ1v) is 9.83. The summed E-state index contributed by atoms with van der Waals surface area (Å²) < 4.78 is 5.39. The molecule has 0 saturated carbocycles. The van der Waals surface area contributed by atoms with Gasteiger partial charge in [-0.25, -0.2) is 9.97 Å². The second-order valence-corrected chi connectivity index (χ2v) is 7.45. The smallest absolute Gasteiger partial charge is 0.173 e. The summed E-state index contributed by atoms with van der Waals surface area (Å²) in [7, 11) is 0. The maximum absolute atomic E-state index is 5.56. The molecule has 3 aromatic carbocycles. The maximum atomic E-state index is 5.56. The number of thiocarbonyl (C=S) groups is 1. The minimum absolute atomic E-state index is 0.712.